The van der Waals surface area contributed by atoms with Crippen LogP contribution in [0.15, 0.2) is 60.7 Å². The maximum atomic E-state index is 13.9. The number of amides is 2. The zero-order chi connectivity index (χ0) is 25.5. The molecule has 3 aliphatic heterocycles. The number of hydrogen-bond donors (Lipinski definition) is 1. The smallest absolute Gasteiger partial charge is 0.254 e. The fourth-order valence-corrected chi connectivity index (χ4v) is 5.62. The first-order valence-electron chi connectivity index (χ1n) is 12.4. The Morgan fingerprint density at radius 3 is 2.54 bits per heavy atom. The minimum Gasteiger partial charge on any atom is -0.493 e. The highest BCUT2D eigenvalue weighted by Crippen LogP contribution is 2.48. The van der Waals surface area contributed by atoms with E-state index in [-0.39, 0.29) is 24.5 Å². The molecule has 3 aromatic carbocycles. The minimum absolute atomic E-state index is 0.0642. The van der Waals surface area contributed by atoms with Crippen LogP contribution in [0.1, 0.15) is 39.0 Å². The summed E-state index contributed by atoms with van der Waals surface area (Å²) in [7, 11) is 3.19. The summed E-state index contributed by atoms with van der Waals surface area (Å²) >= 11 is 0. The van der Waals surface area contributed by atoms with E-state index < -0.39 is 12.0 Å². The van der Waals surface area contributed by atoms with Gasteiger partial charge in [-0.25, -0.2) is 0 Å². The van der Waals surface area contributed by atoms with E-state index in [0.29, 0.717) is 48.1 Å². The van der Waals surface area contributed by atoms with Gasteiger partial charge in [-0.3, -0.25) is 9.59 Å². The monoisotopic (exact) mass is 500 g/mol. The molecule has 3 heterocycles. The zero-order valence-corrected chi connectivity index (χ0v) is 20.7. The van der Waals surface area contributed by atoms with Crippen LogP contribution in [0.25, 0.3) is 0 Å². The molecule has 3 aliphatic rings. The number of hydrogen-bond acceptors (Lipinski definition) is 6. The Hall–Kier alpha value is -4.20. The molecule has 0 unspecified atom stereocenters. The molecule has 8 nitrogen and oxygen atoms in total. The maximum Gasteiger partial charge on any atom is 0.254 e. The molecule has 2 amide bonds. The van der Waals surface area contributed by atoms with E-state index >= 15 is 0 Å². The first-order valence-corrected chi connectivity index (χ1v) is 12.4. The molecule has 0 aromatic heterocycles. The lowest BCUT2D eigenvalue weighted by Gasteiger charge is -2.45. The summed E-state index contributed by atoms with van der Waals surface area (Å²) in [5, 5.41) is 3.09. The molecule has 0 saturated heterocycles. The average molecular weight is 501 g/mol. The van der Waals surface area contributed by atoms with Crippen LogP contribution < -0.4 is 24.3 Å². The van der Waals surface area contributed by atoms with Gasteiger partial charge in [0.25, 0.3) is 5.91 Å². The third kappa shape index (κ3) is 3.93. The normalized spacial score (nSPS) is 21.3. The molecule has 190 valence electrons. The number of carbonyl (C=O) groups is 2. The van der Waals surface area contributed by atoms with Crippen LogP contribution in [0.5, 0.6) is 23.0 Å². The summed E-state index contributed by atoms with van der Waals surface area (Å²) in [6.07, 6.45) is 0.347. The van der Waals surface area contributed by atoms with Crippen molar-refractivity contribution in [1.82, 2.24) is 10.2 Å². The Kier molecular flexibility index (Phi) is 5.87. The van der Waals surface area contributed by atoms with Crippen molar-refractivity contribution in [3.8, 4) is 23.0 Å². The van der Waals surface area contributed by atoms with Crippen molar-refractivity contribution in [2.75, 3.05) is 33.9 Å². The molecule has 3 aromatic rings. The summed E-state index contributed by atoms with van der Waals surface area (Å²) in [4.78, 5) is 29.2. The molecule has 0 radical (unpaired) electrons. The van der Waals surface area contributed by atoms with Gasteiger partial charge >= 0.3 is 0 Å². The Bertz CT molecular complexity index is 1370. The predicted molar refractivity (Wildman–Crippen MR) is 136 cm³/mol. The van der Waals surface area contributed by atoms with E-state index in [0.717, 1.165) is 16.7 Å². The van der Waals surface area contributed by atoms with Gasteiger partial charge < -0.3 is 29.2 Å². The largest absolute Gasteiger partial charge is 0.493 e. The number of ether oxygens (including phenoxy) is 4. The molecule has 0 fully saturated rings. The van der Waals surface area contributed by atoms with Crippen LogP contribution in [0.4, 0.5) is 0 Å². The molecule has 1 N–H and O–H groups in total. The van der Waals surface area contributed by atoms with Gasteiger partial charge in [0.15, 0.2) is 23.0 Å². The van der Waals surface area contributed by atoms with Gasteiger partial charge in [0, 0.05) is 12.1 Å². The van der Waals surface area contributed by atoms with E-state index in [1.54, 1.807) is 20.3 Å². The highest BCUT2D eigenvalue weighted by Gasteiger charge is 2.46. The third-order valence-electron chi connectivity index (χ3n) is 7.38. The molecule has 6 rings (SSSR count). The standard InChI is InChI=1S/C29H28N2O6/c1-34-24-13-17-11-12-31-27(21(17)14-25(24)35-2)26(19-7-3-4-8-20(19)29(31)33)28(32)30-15-18-16-36-22-9-5-6-10-23(22)37-18/h3-10,13-14,18,26-27H,11-12,15-16H2,1-2H3,(H,30,32)/t18-,26-,27+/m0/s1. The highest BCUT2D eigenvalue weighted by atomic mass is 16.6. The molecule has 3 atom stereocenters. The molecule has 0 aliphatic carbocycles. The molecule has 8 heteroatoms. The van der Waals surface area contributed by atoms with Gasteiger partial charge in [0.2, 0.25) is 5.91 Å². The number of methoxy groups -OCH3 is 2. The minimum atomic E-state index is -0.595. The van der Waals surface area contributed by atoms with Crippen molar-refractivity contribution in [3.63, 3.8) is 0 Å². The summed E-state index contributed by atoms with van der Waals surface area (Å²) in [5.74, 6) is 1.74. The van der Waals surface area contributed by atoms with E-state index in [4.69, 9.17) is 18.9 Å². The van der Waals surface area contributed by atoms with Crippen molar-refractivity contribution in [1.29, 1.82) is 0 Å². The van der Waals surface area contributed by atoms with Gasteiger partial charge in [0.05, 0.1) is 32.7 Å². The fourth-order valence-electron chi connectivity index (χ4n) is 5.62. The summed E-state index contributed by atoms with van der Waals surface area (Å²) in [6.45, 7) is 1.14. The predicted octanol–water partition coefficient (Wildman–Crippen LogP) is 3.50. The molecule has 0 spiro atoms. The Labute approximate surface area is 215 Å². The van der Waals surface area contributed by atoms with Crippen LogP contribution in [-0.2, 0) is 11.2 Å². The first kappa shape index (κ1) is 23.2. The second kappa shape index (κ2) is 9.35. The van der Waals surface area contributed by atoms with Crippen molar-refractivity contribution >= 4 is 11.8 Å². The summed E-state index contributed by atoms with van der Waals surface area (Å²) in [5.41, 5.74) is 3.23. The number of rotatable bonds is 5. The highest BCUT2D eigenvalue weighted by molar-refractivity contribution is 6.01. The fraction of sp³-hybridized carbons (Fsp3) is 0.310. The summed E-state index contributed by atoms with van der Waals surface area (Å²) in [6, 6.07) is 18.3. The van der Waals surface area contributed by atoms with E-state index in [1.807, 2.05) is 59.5 Å². The zero-order valence-electron chi connectivity index (χ0n) is 20.7. The molecular weight excluding hydrogens is 472 g/mol. The van der Waals surface area contributed by atoms with Crippen LogP contribution in [-0.4, -0.2) is 56.7 Å². The van der Waals surface area contributed by atoms with Crippen molar-refractivity contribution in [3.05, 3.63) is 82.9 Å². The lowest BCUT2D eigenvalue weighted by molar-refractivity contribution is -0.124. The van der Waals surface area contributed by atoms with Gasteiger partial charge in [-0.2, -0.15) is 0 Å². The number of nitrogens with zero attached hydrogens (tertiary/aromatic N) is 1. The number of nitrogens with one attached hydrogen (secondary N) is 1. The number of carbonyl (C=O) groups excluding carboxylic acids is 2. The van der Waals surface area contributed by atoms with E-state index in [2.05, 4.69) is 5.32 Å². The van der Waals surface area contributed by atoms with Crippen LogP contribution in [0, 0.1) is 0 Å². The summed E-state index contributed by atoms with van der Waals surface area (Å²) < 4.78 is 22.9. The quantitative estimate of drug-likeness (QED) is 0.577. The number of fused-ring (bicyclic) bond motifs is 5. The first-order chi connectivity index (χ1) is 18.1. The number of benzene rings is 3. The molecule has 37 heavy (non-hydrogen) atoms. The third-order valence-corrected chi connectivity index (χ3v) is 7.38. The topological polar surface area (TPSA) is 86.3 Å². The second-order valence-electron chi connectivity index (χ2n) is 9.41. The maximum absolute atomic E-state index is 13.9. The molecule has 0 bridgehead atoms. The molecular formula is C29H28N2O6. The van der Waals surface area contributed by atoms with Crippen molar-refractivity contribution < 1.29 is 28.5 Å². The lowest BCUT2D eigenvalue weighted by Crippen LogP contribution is -2.51. The van der Waals surface area contributed by atoms with Gasteiger partial charge in [0.1, 0.15) is 12.7 Å². The van der Waals surface area contributed by atoms with Crippen molar-refractivity contribution in [2.24, 2.45) is 0 Å². The van der Waals surface area contributed by atoms with Crippen molar-refractivity contribution in [2.45, 2.75) is 24.5 Å². The van der Waals surface area contributed by atoms with Gasteiger partial charge in [-0.15, -0.1) is 0 Å². The van der Waals surface area contributed by atoms with Crippen LogP contribution in [0.2, 0.25) is 0 Å². The van der Waals surface area contributed by atoms with Gasteiger partial charge in [-0.1, -0.05) is 30.3 Å². The van der Waals surface area contributed by atoms with Crippen LogP contribution >= 0.6 is 0 Å². The SMILES string of the molecule is COc1cc2c(cc1OC)[C@@H]1[C@@H](C(=O)NC[C@H]3COc4ccccc4O3)c3ccccc3C(=O)N1CC2. The Balaban J connectivity index is 1.34. The Morgan fingerprint density at radius 2 is 1.73 bits per heavy atom. The van der Waals surface area contributed by atoms with E-state index in [9.17, 15) is 9.59 Å². The van der Waals surface area contributed by atoms with Gasteiger partial charge in [-0.05, 0) is 53.4 Å². The Morgan fingerprint density at radius 1 is 1.00 bits per heavy atom. The lowest BCUT2D eigenvalue weighted by atomic mass is 9.75. The van der Waals surface area contributed by atoms with E-state index in [1.165, 1.54) is 0 Å². The average Bonchev–Trinajstić information content (AvgIpc) is 2.95. The second-order valence-corrected chi connectivity index (χ2v) is 9.41. The number of para-hydroxylation sites is 2. The van der Waals surface area contributed by atoms with Crippen LogP contribution in [0.3, 0.4) is 0 Å². The molecule has 0 saturated carbocycles.